The summed E-state index contributed by atoms with van der Waals surface area (Å²) in [6.45, 7) is 11.6. The van der Waals surface area contributed by atoms with Crippen LogP contribution in [0.1, 0.15) is 39.3 Å². The maximum Gasteiger partial charge on any atom is 0.0726 e. The van der Waals surface area contributed by atoms with Crippen LogP contribution in [0.4, 0.5) is 5.69 Å². The third kappa shape index (κ3) is 3.74. The smallest absolute Gasteiger partial charge is 0.0726 e. The van der Waals surface area contributed by atoms with E-state index in [2.05, 4.69) is 72.0 Å². The Morgan fingerprint density at radius 3 is 2.60 bits per heavy atom. The highest BCUT2D eigenvalue weighted by molar-refractivity contribution is 9.10. The van der Waals surface area contributed by atoms with Gasteiger partial charge >= 0.3 is 0 Å². The summed E-state index contributed by atoms with van der Waals surface area (Å²) in [6, 6.07) is 6.93. The van der Waals surface area contributed by atoms with Crippen molar-refractivity contribution in [1.29, 1.82) is 0 Å². The monoisotopic (exact) mass is 340 g/mol. The molecule has 1 saturated heterocycles. The van der Waals surface area contributed by atoms with E-state index < -0.39 is 0 Å². The molecule has 1 aromatic carbocycles. The Morgan fingerprint density at radius 2 is 2.00 bits per heavy atom. The topological polar surface area (TPSA) is 24.5 Å². The number of halogens is 1. The van der Waals surface area contributed by atoms with Crippen molar-refractivity contribution in [2.24, 2.45) is 0 Å². The molecule has 1 fully saturated rings. The lowest BCUT2D eigenvalue weighted by Gasteiger charge is -2.38. The summed E-state index contributed by atoms with van der Waals surface area (Å²) < 4.78 is 6.98. The van der Waals surface area contributed by atoms with E-state index in [9.17, 15) is 0 Å². The molecule has 3 unspecified atom stereocenters. The minimum absolute atomic E-state index is 0.282. The lowest BCUT2D eigenvalue weighted by molar-refractivity contribution is -0.00528. The fraction of sp³-hybridized carbons (Fsp3) is 0.625. The first-order valence-electron chi connectivity index (χ1n) is 7.44. The Bertz CT molecular complexity index is 442. The van der Waals surface area contributed by atoms with E-state index >= 15 is 0 Å². The molecule has 1 N–H and O–H groups in total. The molecule has 2 rings (SSSR count). The molecule has 3 nitrogen and oxygen atoms in total. The van der Waals surface area contributed by atoms with Gasteiger partial charge in [-0.1, -0.05) is 22.9 Å². The molecule has 0 saturated carbocycles. The van der Waals surface area contributed by atoms with Crippen molar-refractivity contribution in [3.8, 4) is 0 Å². The van der Waals surface area contributed by atoms with E-state index in [-0.39, 0.29) is 12.2 Å². The van der Waals surface area contributed by atoms with Gasteiger partial charge in [0.1, 0.15) is 0 Å². The summed E-state index contributed by atoms with van der Waals surface area (Å²) >= 11 is 3.59. The third-order valence-electron chi connectivity index (χ3n) is 3.73. The van der Waals surface area contributed by atoms with Crippen LogP contribution in [0.5, 0.6) is 0 Å². The number of benzene rings is 1. The second-order valence-corrected chi connectivity index (χ2v) is 6.56. The summed E-state index contributed by atoms with van der Waals surface area (Å²) in [4.78, 5) is 2.45. The normalized spacial score (nSPS) is 24.8. The molecule has 4 heteroatoms. The molecule has 3 atom stereocenters. The van der Waals surface area contributed by atoms with Gasteiger partial charge in [0.25, 0.3) is 0 Å². The van der Waals surface area contributed by atoms with E-state index in [0.29, 0.717) is 6.04 Å². The standard InChI is InChI=1S/C16H25BrN2O/c1-5-18-13(4)15-8-14(17)6-7-16(15)19-9-11(2)20-12(3)10-19/h6-8,11-13,18H,5,9-10H2,1-4H3. The zero-order valence-electron chi connectivity index (χ0n) is 12.8. The van der Waals surface area contributed by atoms with Crippen molar-refractivity contribution in [2.75, 3.05) is 24.5 Å². The second-order valence-electron chi connectivity index (χ2n) is 5.64. The highest BCUT2D eigenvalue weighted by Crippen LogP contribution is 2.31. The van der Waals surface area contributed by atoms with Gasteiger partial charge in [0.05, 0.1) is 12.2 Å². The predicted molar refractivity (Wildman–Crippen MR) is 88.5 cm³/mol. The lowest BCUT2D eigenvalue weighted by Crippen LogP contribution is -2.46. The van der Waals surface area contributed by atoms with Crippen molar-refractivity contribution in [2.45, 2.75) is 45.9 Å². The quantitative estimate of drug-likeness (QED) is 0.903. The molecule has 1 aliphatic heterocycles. The number of ether oxygens (including phenoxy) is 1. The van der Waals surface area contributed by atoms with Crippen LogP contribution in [0, 0.1) is 0 Å². The molecule has 0 aliphatic carbocycles. The molecule has 0 aromatic heterocycles. The molecule has 0 amide bonds. The fourth-order valence-electron chi connectivity index (χ4n) is 2.95. The first-order valence-corrected chi connectivity index (χ1v) is 8.23. The molecule has 1 aliphatic rings. The van der Waals surface area contributed by atoms with E-state index in [1.807, 2.05) is 0 Å². The Kier molecular flexibility index (Phi) is 5.47. The molecule has 0 radical (unpaired) electrons. The Labute approximate surface area is 130 Å². The summed E-state index contributed by atoms with van der Waals surface area (Å²) in [5.74, 6) is 0. The summed E-state index contributed by atoms with van der Waals surface area (Å²) in [5, 5.41) is 3.51. The summed E-state index contributed by atoms with van der Waals surface area (Å²) in [7, 11) is 0. The molecular formula is C16H25BrN2O. The number of anilines is 1. The van der Waals surface area contributed by atoms with Gasteiger partial charge in [0, 0.05) is 29.3 Å². The van der Waals surface area contributed by atoms with Crippen molar-refractivity contribution in [1.82, 2.24) is 5.32 Å². The van der Waals surface area contributed by atoms with E-state index in [1.165, 1.54) is 11.3 Å². The van der Waals surface area contributed by atoms with E-state index in [4.69, 9.17) is 4.74 Å². The zero-order valence-corrected chi connectivity index (χ0v) is 14.4. The van der Waals surface area contributed by atoms with Crippen molar-refractivity contribution in [3.05, 3.63) is 28.2 Å². The van der Waals surface area contributed by atoms with E-state index in [1.54, 1.807) is 0 Å². The number of nitrogens with one attached hydrogen (secondary N) is 1. The number of rotatable bonds is 4. The van der Waals surface area contributed by atoms with Gasteiger partial charge in [-0.25, -0.2) is 0 Å². The molecule has 0 bridgehead atoms. The highest BCUT2D eigenvalue weighted by Gasteiger charge is 2.25. The van der Waals surface area contributed by atoms with Gasteiger partial charge in [-0.15, -0.1) is 0 Å². The van der Waals surface area contributed by atoms with Crippen LogP contribution < -0.4 is 10.2 Å². The maximum atomic E-state index is 5.84. The second kappa shape index (κ2) is 6.92. The zero-order chi connectivity index (χ0) is 14.7. The maximum absolute atomic E-state index is 5.84. The van der Waals surface area contributed by atoms with Gasteiger partial charge < -0.3 is 15.0 Å². The van der Waals surface area contributed by atoms with Crippen molar-refractivity contribution < 1.29 is 4.74 Å². The van der Waals surface area contributed by atoms with Crippen molar-refractivity contribution >= 4 is 21.6 Å². The first-order chi connectivity index (χ1) is 9.51. The highest BCUT2D eigenvalue weighted by atomic mass is 79.9. The van der Waals surface area contributed by atoms with Crippen LogP contribution in [0.2, 0.25) is 0 Å². The van der Waals surface area contributed by atoms with Crippen LogP contribution in [0.3, 0.4) is 0 Å². The van der Waals surface area contributed by atoms with E-state index in [0.717, 1.165) is 24.1 Å². The molecular weight excluding hydrogens is 316 g/mol. The van der Waals surface area contributed by atoms with Gasteiger partial charge in [0.15, 0.2) is 0 Å². The number of nitrogens with zero attached hydrogens (tertiary/aromatic N) is 1. The number of morpholine rings is 1. The Hall–Kier alpha value is -0.580. The van der Waals surface area contributed by atoms with Crippen LogP contribution in [-0.2, 0) is 4.74 Å². The Morgan fingerprint density at radius 1 is 1.35 bits per heavy atom. The lowest BCUT2D eigenvalue weighted by atomic mass is 10.0. The third-order valence-corrected chi connectivity index (χ3v) is 4.22. The Balaban J connectivity index is 2.30. The van der Waals surface area contributed by atoms with Gasteiger partial charge in [-0.3, -0.25) is 0 Å². The van der Waals surface area contributed by atoms with Crippen LogP contribution in [-0.4, -0.2) is 31.8 Å². The van der Waals surface area contributed by atoms with Crippen molar-refractivity contribution in [3.63, 3.8) is 0 Å². The molecule has 0 spiro atoms. The first kappa shape index (κ1) is 15.8. The van der Waals surface area contributed by atoms with Gasteiger partial charge in [-0.05, 0) is 51.1 Å². The average Bonchev–Trinajstić information content (AvgIpc) is 2.37. The number of hydrogen-bond acceptors (Lipinski definition) is 3. The molecule has 112 valence electrons. The van der Waals surface area contributed by atoms with Gasteiger partial charge in [-0.2, -0.15) is 0 Å². The molecule has 1 heterocycles. The summed E-state index contributed by atoms with van der Waals surface area (Å²) in [5.41, 5.74) is 2.67. The minimum atomic E-state index is 0.282. The van der Waals surface area contributed by atoms with Gasteiger partial charge in [0.2, 0.25) is 0 Å². The summed E-state index contributed by atoms with van der Waals surface area (Å²) in [6.07, 6.45) is 0.564. The number of hydrogen-bond donors (Lipinski definition) is 1. The fourth-order valence-corrected chi connectivity index (χ4v) is 3.33. The average molecular weight is 341 g/mol. The molecule has 20 heavy (non-hydrogen) atoms. The predicted octanol–water partition coefficient (Wildman–Crippen LogP) is 3.73. The van der Waals surface area contributed by atoms with Crippen LogP contribution in [0.25, 0.3) is 0 Å². The molecule has 1 aromatic rings. The SMILES string of the molecule is CCNC(C)c1cc(Br)ccc1N1CC(C)OC(C)C1. The minimum Gasteiger partial charge on any atom is -0.372 e. The van der Waals surface area contributed by atoms with Crippen LogP contribution >= 0.6 is 15.9 Å². The van der Waals surface area contributed by atoms with Crippen LogP contribution in [0.15, 0.2) is 22.7 Å². The largest absolute Gasteiger partial charge is 0.372 e.